The lowest BCUT2D eigenvalue weighted by molar-refractivity contribution is -0.134. The van der Waals surface area contributed by atoms with E-state index in [1.165, 1.54) is 0 Å². The van der Waals surface area contributed by atoms with Crippen LogP contribution in [0, 0.1) is 0 Å². The third-order valence-electron chi connectivity index (χ3n) is 4.11. The number of rotatable bonds is 6. The van der Waals surface area contributed by atoms with Crippen LogP contribution in [0.1, 0.15) is 0 Å². The second-order valence-corrected chi connectivity index (χ2v) is 9.76. The summed E-state index contributed by atoms with van der Waals surface area (Å²) < 4.78 is 5.40. The van der Waals surface area contributed by atoms with Crippen molar-refractivity contribution in [2.24, 2.45) is 0 Å². The highest BCUT2D eigenvalue weighted by atomic mass is 79.9. The molecule has 0 aromatic heterocycles. The Labute approximate surface area is 162 Å². The van der Waals surface area contributed by atoms with Crippen molar-refractivity contribution in [3.8, 4) is 0 Å². The van der Waals surface area contributed by atoms with E-state index in [1.54, 1.807) is 5.80 Å². The molecule has 3 aromatic rings. The van der Waals surface area contributed by atoms with Crippen LogP contribution in [0.5, 0.6) is 0 Å². The highest BCUT2D eigenvalue weighted by molar-refractivity contribution is 9.09. The van der Waals surface area contributed by atoms with E-state index < -0.39 is 6.89 Å². The van der Waals surface area contributed by atoms with Gasteiger partial charge in [-0.05, 0) is 22.8 Å². The molecule has 0 atom stereocenters. The number of carbonyl (C=O) groups is 1. The highest BCUT2D eigenvalue weighted by Crippen LogP contribution is 2.43. The molecule has 0 unspecified atom stereocenters. The third kappa shape index (κ3) is 4.00. The Morgan fingerprint density at radius 2 is 1.15 bits per heavy atom. The van der Waals surface area contributed by atoms with Gasteiger partial charge in [-0.2, -0.15) is 0 Å². The fraction of sp³-hybridized carbons (Fsp3) is 0.0909. The molecule has 0 amide bonds. The van der Waals surface area contributed by atoms with Crippen molar-refractivity contribution in [2.45, 2.75) is 0 Å². The van der Waals surface area contributed by atoms with Crippen LogP contribution >= 0.6 is 22.8 Å². The molecule has 3 aromatic carbocycles. The Morgan fingerprint density at radius 1 is 0.769 bits per heavy atom. The Bertz CT molecular complexity index is 790. The summed E-state index contributed by atoms with van der Waals surface area (Å²) >= 11 is 3.31. The van der Waals surface area contributed by atoms with Gasteiger partial charge >= 0.3 is 5.97 Å². The summed E-state index contributed by atoms with van der Waals surface area (Å²) in [7, 11) is 0. The molecule has 3 rings (SSSR count). The summed E-state index contributed by atoms with van der Waals surface area (Å²) in [6.07, 6.45) is 0. The first-order valence-electron chi connectivity index (χ1n) is 8.41. The van der Waals surface area contributed by atoms with Crippen molar-refractivity contribution in [1.29, 1.82) is 0 Å². The predicted octanol–water partition coefficient (Wildman–Crippen LogP) is 3.72. The van der Waals surface area contributed by atoms with E-state index in [-0.39, 0.29) is 5.97 Å². The maximum absolute atomic E-state index is 12.7. The minimum atomic E-state index is -2.26. The second kappa shape index (κ2) is 9.02. The Kier molecular flexibility index (Phi) is 6.49. The molecule has 0 saturated heterocycles. The Morgan fingerprint density at radius 3 is 1.50 bits per heavy atom. The molecule has 0 spiro atoms. The minimum absolute atomic E-state index is 0.283. The van der Waals surface area contributed by atoms with E-state index in [1.807, 2.05) is 54.6 Å². The normalized spacial score (nSPS) is 11.0. The number of ether oxygens (including phenoxy) is 1. The van der Waals surface area contributed by atoms with Crippen molar-refractivity contribution < 1.29 is 9.53 Å². The quantitative estimate of drug-likeness (QED) is 0.341. The monoisotopic (exact) mass is 426 g/mol. The molecule has 0 fully saturated rings. The van der Waals surface area contributed by atoms with Crippen molar-refractivity contribution in [3.63, 3.8) is 0 Å². The van der Waals surface area contributed by atoms with Gasteiger partial charge in [-0.3, -0.25) is 0 Å². The van der Waals surface area contributed by atoms with Crippen LogP contribution in [-0.4, -0.2) is 23.7 Å². The Balaban J connectivity index is 2.32. The van der Waals surface area contributed by atoms with E-state index in [2.05, 4.69) is 52.3 Å². The number of hydrogen-bond donors (Lipinski definition) is 0. The van der Waals surface area contributed by atoms with Crippen molar-refractivity contribution >= 4 is 50.5 Å². The zero-order chi connectivity index (χ0) is 18.2. The van der Waals surface area contributed by atoms with Crippen molar-refractivity contribution in [3.05, 3.63) is 91.0 Å². The van der Waals surface area contributed by atoms with E-state index in [4.69, 9.17) is 4.74 Å². The summed E-state index contributed by atoms with van der Waals surface area (Å²) in [4.78, 5) is 12.7. The SMILES string of the molecule is O=C(C=P(c1ccccc1)(c1ccccc1)c1ccccc1)OCCBr. The Hall–Kier alpha value is -2.09. The number of halogens is 1. The molecule has 0 heterocycles. The molecule has 26 heavy (non-hydrogen) atoms. The van der Waals surface area contributed by atoms with E-state index in [0.717, 1.165) is 15.9 Å². The van der Waals surface area contributed by atoms with Crippen molar-refractivity contribution in [1.82, 2.24) is 0 Å². The summed E-state index contributed by atoms with van der Waals surface area (Å²) in [6, 6.07) is 30.7. The van der Waals surface area contributed by atoms with Gasteiger partial charge in [0.2, 0.25) is 0 Å². The number of alkyl halides is 1. The van der Waals surface area contributed by atoms with Gasteiger partial charge in [0.05, 0.1) is 0 Å². The molecule has 4 heteroatoms. The lowest BCUT2D eigenvalue weighted by Crippen LogP contribution is -2.29. The van der Waals surface area contributed by atoms with Crippen LogP contribution in [0.15, 0.2) is 91.0 Å². The summed E-state index contributed by atoms with van der Waals surface area (Å²) in [6.45, 7) is -1.91. The van der Waals surface area contributed by atoms with Gasteiger partial charge < -0.3 is 4.74 Å². The lowest BCUT2D eigenvalue weighted by Gasteiger charge is -2.28. The van der Waals surface area contributed by atoms with Crippen LogP contribution in [0.4, 0.5) is 0 Å². The summed E-state index contributed by atoms with van der Waals surface area (Å²) in [5.74, 6) is 1.52. The maximum Gasteiger partial charge on any atom is 0.331 e. The lowest BCUT2D eigenvalue weighted by atomic mass is 10.4. The fourth-order valence-electron chi connectivity index (χ4n) is 2.99. The van der Waals surface area contributed by atoms with Gasteiger partial charge in [-0.1, -0.05) is 107 Å². The smallest absolute Gasteiger partial charge is 0.331 e. The van der Waals surface area contributed by atoms with E-state index >= 15 is 0 Å². The highest BCUT2D eigenvalue weighted by Gasteiger charge is 2.26. The fourth-order valence-corrected chi connectivity index (χ4v) is 6.82. The molecule has 0 aliphatic rings. The van der Waals surface area contributed by atoms with Gasteiger partial charge in [0, 0.05) is 11.1 Å². The molecular formula is C22H20BrO2P. The summed E-state index contributed by atoms with van der Waals surface area (Å²) in [5.41, 5.74) is 0. The zero-order valence-electron chi connectivity index (χ0n) is 14.3. The van der Waals surface area contributed by atoms with Gasteiger partial charge in [0.15, 0.2) is 0 Å². The van der Waals surface area contributed by atoms with Gasteiger partial charge in [0.1, 0.15) is 6.61 Å². The molecule has 0 saturated carbocycles. The maximum atomic E-state index is 12.7. The number of benzene rings is 3. The third-order valence-corrected chi connectivity index (χ3v) is 8.37. The predicted molar refractivity (Wildman–Crippen MR) is 116 cm³/mol. The molecule has 0 radical (unpaired) electrons. The number of hydrogen-bond acceptors (Lipinski definition) is 2. The molecule has 132 valence electrons. The van der Waals surface area contributed by atoms with Crippen LogP contribution < -0.4 is 15.9 Å². The largest absolute Gasteiger partial charge is 0.462 e. The standard InChI is InChI=1S/C22H20BrO2P/c23-16-17-25-22(24)18-26(19-10-4-1-5-11-19,20-12-6-2-7-13-20)21-14-8-3-9-15-21/h1-15,18H,16-17H2. The average Bonchev–Trinajstić information content (AvgIpc) is 2.72. The van der Waals surface area contributed by atoms with E-state index in [9.17, 15) is 4.79 Å². The number of esters is 1. The zero-order valence-corrected chi connectivity index (χ0v) is 16.8. The first-order chi connectivity index (χ1) is 12.8. The van der Waals surface area contributed by atoms with Gasteiger partial charge in [-0.25, -0.2) is 4.79 Å². The van der Waals surface area contributed by atoms with E-state index in [0.29, 0.717) is 11.9 Å². The molecule has 0 aliphatic carbocycles. The minimum Gasteiger partial charge on any atom is -0.462 e. The topological polar surface area (TPSA) is 26.3 Å². The van der Waals surface area contributed by atoms with Crippen LogP contribution in [0.25, 0.3) is 0 Å². The first kappa shape index (κ1) is 18.7. The van der Waals surface area contributed by atoms with Crippen LogP contribution in [0.3, 0.4) is 0 Å². The second-order valence-electron chi connectivity index (χ2n) is 5.71. The molecule has 0 aliphatic heterocycles. The van der Waals surface area contributed by atoms with Crippen LogP contribution in [-0.2, 0) is 9.53 Å². The first-order valence-corrected chi connectivity index (χ1v) is 11.4. The molecule has 0 bridgehead atoms. The molecular weight excluding hydrogens is 407 g/mol. The molecule has 2 nitrogen and oxygen atoms in total. The molecule has 0 N–H and O–H groups in total. The number of carbonyl (C=O) groups excluding carboxylic acids is 1. The average molecular weight is 427 g/mol. The van der Waals surface area contributed by atoms with Gasteiger partial charge in [0.25, 0.3) is 0 Å². The van der Waals surface area contributed by atoms with Crippen LogP contribution in [0.2, 0.25) is 0 Å². The van der Waals surface area contributed by atoms with Crippen molar-refractivity contribution in [2.75, 3.05) is 11.9 Å². The van der Waals surface area contributed by atoms with Gasteiger partial charge in [-0.15, -0.1) is 0 Å². The summed E-state index contributed by atoms with van der Waals surface area (Å²) in [5, 5.41) is 4.02.